The summed E-state index contributed by atoms with van der Waals surface area (Å²) in [5, 5.41) is 9.97. The Balaban J connectivity index is 2.10. The molecule has 3 nitrogen and oxygen atoms in total. The molecule has 1 aromatic carbocycles. The van der Waals surface area contributed by atoms with Crippen LogP contribution in [0.5, 0.6) is 0 Å². The van der Waals surface area contributed by atoms with Crippen LogP contribution in [0.25, 0.3) is 10.9 Å². The number of unbranched alkanes of at least 4 members (excludes halogenated alkanes) is 3. The molecule has 0 saturated carbocycles. The van der Waals surface area contributed by atoms with Gasteiger partial charge >= 0.3 is 5.97 Å². The third-order valence-corrected chi connectivity index (χ3v) is 3.35. The number of aromatic nitrogens is 1. The number of rotatable bonds is 7. The van der Waals surface area contributed by atoms with E-state index in [0.29, 0.717) is 5.56 Å². The average molecular weight is 257 g/mol. The molecule has 0 unspecified atom stereocenters. The Labute approximate surface area is 113 Å². The highest BCUT2D eigenvalue weighted by atomic mass is 16.4. The highest BCUT2D eigenvalue weighted by Crippen LogP contribution is 2.21. The monoisotopic (exact) mass is 257 g/mol. The highest BCUT2D eigenvalue weighted by Gasteiger charge is 2.10. The summed E-state index contributed by atoms with van der Waals surface area (Å²) in [4.78, 5) is 11.1. The van der Waals surface area contributed by atoms with E-state index in [0.717, 1.165) is 30.3 Å². The standard InChI is InChI=1S/C16H19NO2/c1-2-3-4-5-6-11-17-12-10-13-14(16(18)19)8-7-9-15(13)17/h2,7-10,12H,1,3-6,11H2,(H,18,19). The molecule has 1 N–H and O–H groups in total. The number of aromatic carboxylic acids is 1. The van der Waals surface area contributed by atoms with Crippen LogP contribution < -0.4 is 0 Å². The van der Waals surface area contributed by atoms with Gasteiger partial charge in [0.25, 0.3) is 0 Å². The number of carboxylic acid groups (broad SMARTS) is 1. The number of allylic oxidation sites excluding steroid dienone is 1. The van der Waals surface area contributed by atoms with Crippen LogP contribution in [0, 0.1) is 0 Å². The van der Waals surface area contributed by atoms with E-state index < -0.39 is 5.97 Å². The van der Waals surface area contributed by atoms with Gasteiger partial charge in [-0.05, 0) is 37.5 Å². The number of benzene rings is 1. The van der Waals surface area contributed by atoms with Gasteiger partial charge in [0, 0.05) is 23.6 Å². The number of hydrogen-bond acceptors (Lipinski definition) is 1. The summed E-state index contributed by atoms with van der Waals surface area (Å²) >= 11 is 0. The fraction of sp³-hybridized carbons (Fsp3) is 0.312. The molecular weight excluding hydrogens is 238 g/mol. The lowest BCUT2D eigenvalue weighted by atomic mass is 10.1. The Hall–Kier alpha value is -2.03. The second-order valence-corrected chi connectivity index (χ2v) is 4.69. The Morgan fingerprint density at radius 1 is 1.26 bits per heavy atom. The fourth-order valence-electron chi connectivity index (χ4n) is 2.35. The van der Waals surface area contributed by atoms with Crippen molar-refractivity contribution in [2.75, 3.05) is 0 Å². The predicted octanol–water partition coefficient (Wildman–Crippen LogP) is 4.09. The lowest BCUT2D eigenvalue weighted by molar-refractivity contribution is 0.0699. The van der Waals surface area contributed by atoms with E-state index in [9.17, 15) is 4.79 Å². The molecule has 3 heteroatoms. The second kappa shape index (κ2) is 6.23. The zero-order valence-electron chi connectivity index (χ0n) is 11.0. The first-order valence-electron chi connectivity index (χ1n) is 6.66. The predicted molar refractivity (Wildman–Crippen MR) is 77.6 cm³/mol. The summed E-state index contributed by atoms with van der Waals surface area (Å²) in [6.07, 6.45) is 8.44. The third-order valence-electron chi connectivity index (χ3n) is 3.35. The third kappa shape index (κ3) is 3.05. The Kier molecular flexibility index (Phi) is 4.39. The summed E-state index contributed by atoms with van der Waals surface area (Å²) in [6.45, 7) is 4.65. The molecule has 0 bridgehead atoms. The number of nitrogens with zero attached hydrogens (tertiary/aromatic N) is 1. The van der Waals surface area contributed by atoms with Crippen molar-refractivity contribution in [1.82, 2.24) is 4.57 Å². The van der Waals surface area contributed by atoms with Crippen molar-refractivity contribution in [2.45, 2.75) is 32.2 Å². The maximum absolute atomic E-state index is 11.1. The number of carbonyl (C=O) groups is 1. The molecule has 0 saturated heterocycles. The summed E-state index contributed by atoms with van der Waals surface area (Å²) < 4.78 is 2.13. The van der Waals surface area contributed by atoms with Crippen LogP contribution in [-0.4, -0.2) is 15.6 Å². The number of hydrogen-bond donors (Lipinski definition) is 1. The minimum absolute atomic E-state index is 0.378. The first-order chi connectivity index (χ1) is 9.24. The zero-order valence-corrected chi connectivity index (χ0v) is 11.0. The van der Waals surface area contributed by atoms with Crippen LogP contribution in [-0.2, 0) is 6.54 Å². The molecule has 0 radical (unpaired) electrons. The van der Waals surface area contributed by atoms with Gasteiger partial charge in [-0.3, -0.25) is 0 Å². The van der Waals surface area contributed by atoms with E-state index in [1.165, 1.54) is 12.8 Å². The first-order valence-corrected chi connectivity index (χ1v) is 6.66. The smallest absolute Gasteiger partial charge is 0.336 e. The quantitative estimate of drug-likeness (QED) is 0.599. The van der Waals surface area contributed by atoms with Crippen LogP contribution in [0.2, 0.25) is 0 Å². The Morgan fingerprint density at radius 2 is 2.11 bits per heavy atom. The van der Waals surface area contributed by atoms with Crippen molar-refractivity contribution in [3.05, 3.63) is 48.7 Å². The first kappa shape index (κ1) is 13.4. The molecule has 0 fully saturated rings. The zero-order chi connectivity index (χ0) is 13.7. The Morgan fingerprint density at radius 3 is 2.84 bits per heavy atom. The SMILES string of the molecule is C=CCCCCCn1ccc2c(C(=O)O)cccc21. The highest BCUT2D eigenvalue weighted by molar-refractivity contribution is 6.02. The van der Waals surface area contributed by atoms with E-state index in [1.54, 1.807) is 12.1 Å². The van der Waals surface area contributed by atoms with Gasteiger partial charge in [0.2, 0.25) is 0 Å². The normalized spacial score (nSPS) is 10.7. The largest absolute Gasteiger partial charge is 0.478 e. The molecule has 1 heterocycles. The molecule has 0 aliphatic rings. The van der Waals surface area contributed by atoms with E-state index in [2.05, 4.69) is 11.1 Å². The van der Waals surface area contributed by atoms with Crippen molar-refractivity contribution >= 4 is 16.9 Å². The molecule has 0 aliphatic heterocycles. The molecule has 0 aliphatic carbocycles. The van der Waals surface area contributed by atoms with Crippen molar-refractivity contribution in [3.8, 4) is 0 Å². The van der Waals surface area contributed by atoms with Gasteiger partial charge in [-0.2, -0.15) is 0 Å². The van der Waals surface area contributed by atoms with E-state index in [1.807, 2.05) is 24.4 Å². The van der Waals surface area contributed by atoms with Crippen molar-refractivity contribution in [3.63, 3.8) is 0 Å². The maximum atomic E-state index is 11.1. The van der Waals surface area contributed by atoms with Gasteiger partial charge in [-0.1, -0.05) is 18.6 Å². The van der Waals surface area contributed by atoms with Crippen molar-refractivity contribution < 1.29 is 9.90 Å². The van der Waals surface area contributed by atoms with Gasteiger partial charge in [0.1, 0.15) is 0 Å². The van der Waals surface area contributed by atoms with Crippen LogP contribution in [0.4, 0.5) is 0 Å². The van der Waals surface area contributed by atoms with Crippen molar-refractivity contribution in [1.29, 1.82) is 0 Å². The summed E-state index contributed by atoms with van der Waals surface area (Å²) in [6, 6.07) is 7.33. The average Bonchev–Trinajstić information content (AvgIpc) is 2.81. The summed E-state index contributed by atoms with van der Waals surface area (Å²) in [5.74, 6) is -0.866. The molecule has 100 valence electrons. The fourth-order valence-corrected chi connectivity index (χ4v) is 2.35. The van der Waals surface area contributed by atoms with E-state index in [4.69, 9.17) is 5.11 Å². The van der Waals surface area contributed by atoms with E-state index in [-0.39, 0.29) is 0 Å². The minimum Gasteiger partial charge on any atom is -0.478 e. The van der Waals surface area contributed by atoms with Crippen LogP contribution in [0.3, 0.4) is 0 Å². The molecule has 2 rings (SSSR count). The van der Waals surface area contributed by atoms with Gasteiger partial charge in [-0.15, -0.1) is 6.58 Å². The maximum Gasteiger partial charge on any atom is 0.336 e. The molecule has 0 atom stereocenters. The summed E-state index contributed by atoms with van der Waals surface area (Å²) in [7, 11) is 0. The van der Waals surface area contributed by atoms with Crippen molar-refractivity contribution in [2.24, 2.45) is 0 Å². The molecule has 0 amide bonds. The number of aryl methyl sites for hydroxylation is 1. The van der Waals surface area contributed by atoms with Gasteiger partial charge in [0.15, 0.2) is 0 Å². The number of carboxylic acids is 1. The minimum atomic E-state index is -0.866. The molecular formula is C16H19NO2. The van der Waals surface area contributed by atoms with Crippen LogP contribution in [0.15, 0.2) is 43.1 Å². The van der Waals surface area contributed by atoms with Gasteiger partial charge in [-0.25, -0.2) is 4.79 Å². The molecule has 19 heavy (non-hydrogen) atoms. The van der Waals surface area contributed by atoms with E-state index >= 15 is 0 Å². The molecule has 1 aromatic heterocycles. The van der Waals surface area contributed by atoms with Crippen LogP contribution in [0.1, 0.15) is 36.0 Å². The van der Waals surface area contributed by atoms with Gasteiger partial charge < -0.3 is 9.67 Å². The van der Waals surface area contributed by atoms with Crippen LogP contribution >= 0.6 is 0 Å². The Bertz CT molecular complexity index is 583. The lowest BCUT2D eigenvalue weighted by Crippen LogP contribution is -1.99. The summed E-state index contributed by atoms with van der Waals surface area (Å²) in [5.41, 5.74) is 1.38. The van der Waals surface area contributed by atoms with Gasteiger partial charge in [0.05, 0.1) is 5.56 Å². The topological polar surface area (TPSA) is 42.2 Å². The molecule has 0 spiro atoms. The molecule has 2 aromatic rings. The lowest BCUT2D eigenvalue weighted by Gasteiger charge is -2.05. The number of fused-ring (bicyclic) bond motifs is 1. The second-order valence-electron chi connectivity index (χ2n) is 4.69.